The smallest absolute Gasteiger partial charge is 0.291 e. The Morgan fingerprint density at radius 1 is 1.04 bits per heavy atom. The minimum atomic E-state index is -1.41. The molecule has 0 radical (unpaired) electrons. The number of amides is 4. The standard InChI is InChI=1S/C30H31N11O7/c1-30(28(45)38-19-7-10-39(2)24(19)27(44)33-8-9-34-29(31)32)13-17(14-35-30)37-25(42)21-11-16(15-40(21)3)36-26(43)23-12-18-20(41(46)47)5-4-6-22(18)48-23/h4-7,10-15H,8-9H2,1-3H3,(H,33,44)(H,36,43)(H,37,42)(H,38,45)(H4,31,32,34). The van der Waals surface area contributed by atoms with Crippen molar-refractivity contribution in [1.82, 2.24) is 19.8 Å². The Balaban J connectivity index is 1.22. The molecule has 0 fully saturated rings. The van der Waals surface area contributed by atoms with E-state index in [1.165, 1.54) is 53.4 Å². The van der Waals surface area contributed by atoms with E-state index in [9.17, 15) is 29.3 Å². The van der Waals surface area contributed by atoms with Crippen molar-refractivity contribution >= 4 is 63.8 Å². The van der Waals surface area contributed by atoms with Crippen molar-refractivity contribution in [1.29, 1.82) is 0 Å². The molecule has 8 N–H and O–H groups in total. The van der Waals surface area contributed by atoms with E-state index in [2.05, 4.69) is 31.3 Å². The third-order valence-electron chi connectivity index (χ3n) is 7.31. The molecule has 1 unspecified atom stereocenters. The minimum absolute atomic E-state index is 0.0972. The lowest BCUT2D eigenvalue weighted by atomic mass is 10.0. The summed E-state index contributed by atoms with van der Waals surface area (Å²) in [4.78, 5) is 70.9. The number of allylic oxidation sites excluding steroid dienone is 1. The Morgan fingerprint density at radius 3 is 2.54 bits per heavy atom. The first kappa shape index (κ1) is 32.7. The maximum absolute atomic E-state index is 13.3. The number of aromatic nitrogens is 2. The van der Waals surface area contributed by atoms with Crippen LogP contribution in [0.1, 0.15) is 38.5 Å². The monoisotopic (exact) mass is 657 g/mol. The number of nitrogens with one attached hydrogen (secondary N) is 4. The van der Waals surface area contributed by atoms with Gasteiger partial charge in [0.1, 0.15) is 17.0 Å². The van der Waals surface area contributed by atoms with Gasteiger partial charge in [-0.2, -0.15) is 0 Å². The number of hydrogen-bond acceptors (Lipinski definition) is 9. The lowest BCUT2D eigenvalue weighted by Crippen LogP contribution is -2.37. The van der Waals surface area contributed by atoms with Crippen molar-refractivity contribution in [3.05, 3.63) is 87.8 Å². The molecule has 1 atom stereocenters. The summed E-state index contributed by atoms with van der Waals surface area (Å²) in [7, 11) is 3.25. The van der Waals surface area contributed by atoms with Crippen LogP contribution in [0.2, 0.25) is 0 Å². The van der Waals surface area contributed by atoms with Gasteiger partial charge in [0, 0.05) is 51.4 Å². The van der Waals surface area contributed by atoms with E-state index in [-0.39, 0.29) is 69.9 Å². The summed E-state index contributed by atoms with van der Waals surface area (Å²) in [6.07, 6.45) is 5.92. The maximum atomic E-state index is 13.3. The molecule has 1 aromatic carbocycles. The Hall–Kier alpha value is -6.72. The molecule has 0 saturated carbocycles. The number of carbonyl (C=O) groups excluding carboxylic acids is 4. The first-order valence-electron chi connectivity index (χ1n) is 14.3. The van der Waals surface area contributed by atoms with Crippen molar-refractivity contribution in [2.45, 2.75) is 12.5 Å². The SMILES string of the molecule is Cn1cc(NC(=O)c2cc3c([N+](=O)[O-])cccc3o2)cc1C(=O)NC1=CC(C)(C(=O)Nc2ccn(C)c2C(=O)NCCN=C(N)N)N=C1. The van der Waals surface area contributed by atoms with Gasteiger partial charge in [0.05, 0.1) is 33.9 Å². The summed E-state index contributed by atoms with van der Waals surface area (Å²) in [5, 5.41) is 22.2. The van der Waals surface area contributed by atoms with Crippen LogP contribution in [0.3, 0.4) is 0 Å². The number of anilines is 2. The van der Waals surface area contributed by atoms with Gasteiger partial charge in [0.2, 0.25) is 0 Å². The van der Waals surface area contributed by atoms with Crippen molar-refractivity contribution in [2.24, 2.45) is 35.5 Å². The number of fused-ring (bicyclic) bond motifs is 1. The zero-order valence-corrected chi connectivity index (χ0v) is 25.9. The molecule has 4 amide bonds. The number of rotatable bonds is 11. The predicted octanol–water partition coefficient (Wildman–Crippen LogP) is 1.37. The average molecular weight is 658 g/mol. The van der Waals surface area contributed by atoms with Crippen LogP contribution in [0.25, 0.3) is 11.0 Å². The molecule has 5 rings (SSSR count). The first-order valence-corrected chi connectivity index (χ1v) is 14.3. The number of nitro groups is 1. The van der Waals surface area contributed by atoms with E-state index in [4.69, 9.17) is 15.9 Å². The molecule has 248 valence electrons. The predicted molar refractivity (Wildman–Crippen MR) is 176 cm³/mol. The highest BCUT2D eigenvalue weighted by molar-refractivity contribution is 6.09. The number of aryl methyl sites for hydroxylation is 2. The fraction of sp³-hybridized carbons (Fsp3) is 0.200. The number of benzene rings is 1. The summed E-state index contributed by atoms with van der Waals surface area (Å²) < 4.78 is 8.53. The van der Waals surface area contributed by atoms with E-state index >= 15 is 0 Å². The van der Waals surface area contributed by atoms with Crippen LogP contribution < -0.4 is 32.7 Å². The Labute approximate surface area is 271 Å². The second-order valence-electron chi connectivity index (χ2n) is 10.9. The van der Waals surface area contributed by atoms with Gasteiger partial charge in [0.15, 0.2) is 17.3 Å². The van der Waals surface area contributed by atoms with Gasteiger partial charge in [-0.15, -0.1) is 0 Å². The molecule has 1 aliphatic heterocycles. The van der Waals surface area contributed by atoms with Gasteiger partial charge in [-0.05, 0) is 31.2 Å². The molecule has 3 aromatic heterocycles. The number of aliphatic imine (C=N–C) groups is 2. The number of nitrogens with zero attached hydrogens (tertiary/aromatic N) is 5. The molecule has 18 heteroatoms. The highest BCUT2D eigenvalue weighted by atomic mass is 16.6. The first-order chi connectivity index (χ1) is 22.8. The van der Waals surface area contributed by atoms with Crippen LogP contribution in [0, 0.1) is 10.1 Å². The molecule has 0 aliphatic carbocycles. The second-order valence-corrected chi connectivity index (χ2v) is 10.9. The number of hydrogen-bond donors (Lipinski definition) is 6. The zero-order chi connectivity index (χ0) is 34.7. The quantitative estimate of drug-likeness (QED) is 0.0447. The topological polar surface area (TPSA) is 259 Å². The molecule has 0 bridgehead atoms. The van der Waals surface area contributed by atoms with Crippen LogP contribution in [0.4, 0.5) is 17.1 Å². The molecule has 4 heterocycles. The molecule has 4 aromatic rings. The van der Waals surface area contributed by atoms with Crippen molar-refractivity contribution in [3.8, 4) is 0 Å². The van der Waals surface area contributed by atoms with Gasteiger partial charge in [-0.3, -0.25) is 39.3 Å². The molecule has 0 spiro atoms. The number of carbonyl (C=O) groups is 4. The van der Waals surface area contributed by atoms with Crippen LogP contribution >= 0.6 is 0 Å². The van der Waals surface area contributed by atoms with Gasteiger partial charge in [-0.1, -0.05) is 6.07 Å². The molecular weight excluding hydrogens is 626 g/mol. The van der Waals surface area contributed by atoms with Gasteiger partial charge in [0.25, 0.3) is 29.3 Å². The maximum Gasteiger partial charge on any atom is 0.291 e. The van der Waals surface area contributed by atoms with Crippen molar-refractivity contribution in [2.75, 3.05) is 23.7 Å². The Bertz CT molecular complexity index is 2060. The number of guanidine groups is 1. The fourth-order valence-corrected chi connectivity index (χ4v) is 4.94. The number of non-ortho nitro benzene ring substituents is 1. The van der Waals surface area contributed by atoms with Crippen molar-refractivity contribution < 1.29 is 28.5 Å². The summed E-state index contributed by atoms with van der Waals surface area (Å²) in [5.74, 6) is -2.47. The third-order valence-corrected chi connectivity index (χ3v) is 7.31. The van der Waals surface area contributed by atoms with Crippen LogP contribution in [0.5, 0.6) is 0 Å². The average Bonchev–Trinajstić information content (AvgIpc) is 3.80. The Kier molecular flexibility index (Phi) is 8.81. The van der Waals surface area contributed by atoms with Gasteiger partial charge >= 0.3 is 0 Å². The Morgan fingerprint density at radius 2 is 1.81 bits per heavy atom. The number of nitrogens with two attached hydrogens (primary N) is 2. The normalized spacial score (nSPS) is 15.1. The lowest BCUT2D eigenvalue weighted by molar-refractivity contribution is -0.383. The third kappa shape index (κ3) is 6.76. The highest BCUT2D eigenvalue weighted by Crippen LogP contribution is 2.29. The van der Waals surface area contributed by atoms with E-state index in [1.807, 2.05) is 0 Å². The van der Waals surface area contributed by atoms with E-state index < -0.39 is 34.1 Å². The second kappa shape index (κ2) is 12.9. The van der Waals surface area contributed by atoms with Gasteiger partial charge in [-0.25, -0.2) is 0 Å². The molecular formula is C30H31N11O7. The fourth-order valence-electron chi connectivity index (χ4n) is 4.94. The summed E-state index contributed by atoms with van der Waals surface area (Å²) >= 11 is 0. The largest absolute Gasteiger partial charge is 0.451 e. The number of nitro benzene ring substituents is 1. The van der Waals surface area contributed by atoms with E-state index in [1.54, 1.807) is 37.8 Å². The van der Waals surface area contributed by atoms with Crippen molar-refractivity contribution in [3.63, 3.8) is 0 Å². The summed E-state index contributed by atoms with van der Waals surface area (Å²) in [5.41, 5.74) is 10.3. The minimum Gasteiger partial charge on any atom is -0.451 e. The number of furan rings is 1. The van der Waals surface area contributed by atoms with Crippen LogP contribution in [-0.2, 0) is 18.9 Å². The highest BCUT2D eigenvalue weighted by Gasteiger charge is 2.35. The molecule has 1 aliphatic rings. The molecule has 18 nitrogen and oxygen atoms in total. The van der Waals surface area contributed by atoms with Gasteiger partial charge < -0.3 is 46.3 Å². The summed E-state index contributed by atoms with van der Waals surface area (Å²) in [6, 6.07) is 8.55. The van der Waals surface area contributed by atoms with Crippen LogP contribution in [0.15, 0.2) is 75.0 Å². The lowest BCUT2D eigenvalue weighted by Gasteiger charge is -2.18. The molecule has 0 saturated heterocycles. The van der Waals surface area contributed by atoms with E-state index in [0.29, 0.717) is 0 Å². The van der Waals surface area contributed by atoms with Crippen LogP contribution in [-0.4, -0.2) is 68.5 Å². The zero-order valence-electron chi connectivity index (χ0n) is 25.9. The van der Waals surface area contributed by atoms with E-state index in [0.717, 1.165) is 0 Å². The molecule has 48 heavy (non-hydrogen) atoms. The summed E-state index contributed by atoms with van der Waals surface area (Å²) in [6.45, 7) is 1.90.